The molecule has 0 saturated carbocycles. The van der Waals surface area contributed by atoms with Gasteiger partial charge in [-0.05, 0) is 37.3 Å². The summed E-state index contributed by atoms with van der Waals surface area (Å²) in [4.78, 5) is 17.0. The minimum Gasteiger partial charge on any atom is -0.365 e. The number of piperazine rings is 1. The zero-order chi connectivity index (χ0) is 18.1. The van der Waals surface area contributed by atoms with Crippen molar-refractivity contribution in [3.8, 4) is 5.69 Å². The molecule has 1 aliphatic rings. The van der Waals surface area contributed by atoms with E-state index in [0.29, 0.717) is 18.7 Å². The van der Waals surface area contributed by atoms with Gasteiger partial charge in [0.15, 0.2) is 0 Å². The van der Waals surface area contributed by atoms with E-state index in [9.17, 15) is 4.79 Å². The van der Waals surface area contributed by atoms with E-state index in [1.54, 1.807) is 10.9 Å². The molecule has 0 bridgehead atoms. The van der Waals surface area contributed by atoms with Gasteiger partial charge in [0.25, 0.3) is 5.91 Å². The maximum Gasteiger partial charge on any atom is 0.253 e. The Morgan fingerprint density at radius 2 is 1.69 bits per heavy atom. The molecule has 26 heavy (non-hydrogen) atoms. The van der Waals surface area contributed by atoms with Crippen LogP contribution in [0.2, 0.25) is 0 Å². The van der Waals surface area contributed by atoms with E-state index >= 15 is 0 Å². The Labute approximate surface area is 152 Å². The van der Waals surface area contributed by atoms with Crippen LogP contribution in [0.5, 0.6) is 0 Å². The average Bonchev–Trinajstić information content (AvgIpc) is 3.30. The number of aromatic nitrogens is 4. The zero-order valence-electron chi connectivity index (χ0n) is 15.0. The number of hydrogen-bond donors (Lipinski definition) is 0. The molecule has 7 heteroatoms. The molecule has 0 unspecified atom stereocenters. The van der Waals surface area contributed by atoms with Crippen molar-refractivity contribution in [3.05, 3.63) is 60.2 Å². The predicted octanol–water partition coefficient (Wildman–Crippen LogP) is 1.88. The number of nitrogens with zero attached hydrogens (tertiary/aromatic N) is 6. The molecule has 1 aromatic carbocycles. The van der Waals surface area contributed by atoms with Gasteiger partial charge in [-0.2, -0.15) is 10.2 Å². The number of anilines is 1. The minimum absolute atomic E-state index is 0.0829. The highest BCUT2D eigenvalue weighted by atomic mass is 16.2. The quantitative estimate of drug-likeness (QED) is 0.724. The molecule has 0 atom stereocenters. The van der Waals surface area contributed by atoms with Gasteiger partial charge in [-0.15, -0.1) is 0 Å². The first-order valence-electron chi connectivity index (χ1n) is 8.76. The molecular weight excluding hydrogens is 328 g/mol. The summed E-state index contributed by atoms with van der Waals surface area (Å²) in [5.74, 6) is 0.0829. The summed E-state index contributed by atoms with van der Waals surface area (Å²) >= 11 is 0. The third kappa shape index (κ3) is 3.08. The maximum absolute atomic E-state index is 12.8. The number of carbonyl (C=O) groups is 1. The van der Waals surface area contributed by atoms with Crippen LogP contribution in [0.15, 0.2) is 48.9 Å². The molecule has 2 aromatic heterocycles. The Morgan fingerprint density at radius 1 is 0.962 bits per heavy atom. The van der Waals surface area contributed by atoms with Crippen molar-refractivity contribution in [2.45, 2.75) is 6.92 Å². The van der Waals surface area contributed by atoms with Crippen LogP contribution in [-0.2, 0) is 7.05 Å². The summed E-state index contributed by atoms with van der Waals surface area (Å²) in [6, 6.07) is 9.61. The molecule has 0 aliphatic carbocycles. The molecule has 0 spiro atoms. The van der Waals surface area contributed by atoms with Gasteiger partial charge in [0.05, 0.1) is 17.6 Å². The van der Waals surface area contributed by atoms with Gasteiger partial charge in [0, 0.05) is 56.9 Å². The lowest BCUT2D eigenvalue weighted by Gasteiger charge is -2.35. The lowest BCUT2D eigenvalue weighted by atomic mass is 10.1. The molecule has 0 radical (unpaired) electrons. The van der Waals surface area contributed by atoms with Crippen LogP contribution in [0.1, 0.15) is 16.1 Å². The standard InChI is InChI=1S/C19H22N6O/c1-15-7-8-20-25(15)17-5-3-16(4-6-17)19(26)24-11-9-23(10-12-24)18-13-21-22(2)14-18/h3-8,13-14H,9-12H2,1-2H3. The van der Waals surface area contributed by atoms with Gasteiger partial charge < -0.3 is 9.80 Å². The lowest BCUT2D eigenvalue weighted by molar-refractivity contribution is 0.0747. The van der Waals surface area contributed by atoms with Crippen molar-refractivity contribution >= 4 is 11.6 Å². The molecule has 7 nitrogen and oxygen atoms in total. The average molecular weight is 350 g/mol. The second kappa shape index (κ2) is 6.67. The summed E-state index contributed by atoms with van der Waals surface area (Å²) in [5, 5.41) is 8.51. The van der Waals surface area contributed by atoms with E-state index in [0.717, 1.165) is 30.2 Å². The number of amides is 1. The van der Waals surface area contributed by atoms with Crippen LogP contribution in [0.25, 0.3) is 5.69 Å². The third-order valence-corrected chi connectivity index (χ3v) is 4.81. The minimum atomic E-state index is 0.0829. The van der Waals surface area contributed by atoms with Crippen LogP contribution in [0.3, 0.4) is 0 Å². The lowest BCUT2D eigenvalue weighted by Crippen LogP contribution is -2.48. The van der Waals surface area contributed by atoms with E-state index in [1.165, 1.54) is 0 Å². The highest BCUT2D eigenvalue weighted by Gasteiger charge is 2.23. The Morgan fingerprint density at radius 3 is 2.27 bits per heavy atom. The normalized spacial score (nSPS) is 14.7. The first-order valence-corrected chi connectivity index (χ1v) is 8.76. The second-order valence-corrected chi connectivity index (χ2v) is 6.58. The summed E-state index contributed by atoms with van der Waals surface area (Å²) < 4.78 is 3.66. The van der Waals surface area contributed by atoms with E-state index in [1.807, 2.05) is 66.3 Å². The molecule has 3 heterocycles. The number of carbonyl (C=O) groups excluding carboxylic acids is 1. The van der Waals surface area contributed by atoms with Gasteiger partial charge in [-0.25, -0.2) is 4.68 Å². The number of aryl methyl sites for hydroxylation is 2. The van der Waals surface area contributed by atoms with Gasteiger partial charge in [-0.3, -0.25) is 9.48 Å². The molecule has 4 rings (SSSR count). The predicted molar refractivity (Wildman–Crippen MR) is 99.6 cm³/mol. The molecule has 1 aliphatic heterocycles. The van der Waals surface area contributed by atoms with Crippen molar-refractivity contribution in [3.63, 3.8) is 0 Å². The van der Waals surface area contributed by atoms with E-state index in [4.69, 9.17) is 0 Å². The monoisotopic (exact) mass is 350 g/mol. The fourth-order valence-corrected chi connectivity index (χ4v) is 3.31. The van der Waals surface area contributed by atoms with Crippen molar-refractivity contribution < 1.29 is 4.79 Å². The number of rotatable bonds is 3. The smallest absolute Gasteiger partial charge is 0.253 e. The molecule has 1 fully saturated rings. The van der Waals surface area contributed by atoms with Crippen LogP contribution in [0, 0.1) is 6.92 Å². The van der Waals surface area contributed by atoms with E-state index < -0.39 is 0 Å². The van der Waals surface area contributed by atoms with Gasteiger partial charge in [-0.1, -0.05) is 0 Å². The van der Waals surface area contributed by atoms with E-state index in [-0.39, 0.29) is 5.91 Å². The van der Waals surface area contributed by atoms with Gasteiger partial charge >= 0.3 is 0 Å². The second-order valence-electron chi connectivity index (χ2n) is 6.58. The number of hydrogen-bond acceptors (Lipinski definition) is 4. The summed E-state index contributed by atoms with van der Waals surface area (Å²) in [6.07, 6.45) is 5.65. The Kier molecular flexibility index (Phi) is 4.20. The zero-order valence-corrected chi connectivity index (χ0v) is 15.0. The fraction of sp³-hybridized carbons (Fsp3) is 0.316. The van der Waals surface area contributed by atoms with Crippen molar-refractivity contribution in [2.24, 2.45) is 7.05 Å². The highest BCUT2D eigenvalue weighted by molar-refractivity contribution is 5.94. The van der Waals surface area contributed by atoms with Crippen LogP contribution in [0.4, 0.5) is 5.69 Å². The summed E-state index contributed by atoms with van der Waals surface area (Å²) in [7, 11) is 1.91. The molecular formula is C19H22N6O. The topological polar surface area (TPSA) is 59.2 Å². The SMILES string of the molecule is Cc1ccnn1-c1ccc(C(=O)N2CCN(c3cnn(C)c3)CC2)cc1. The molecule has 3 aromatic rings. The Balaban J connectivity index is 1.41. The molecule has 134 valence electrons. The van der Waals surface area contributed by atoms with Crippen molar-refractivity contribution in [2.75, 3.05) is 31.1 Å². The van der Waals surface area contributed by atoms with Gasteiger partial charge in [0.2, 0.25) is 0 Å². The maximum atomic E-state index is 12.8. The first kappa shape index (κ1) is 16.4. The summed E-state index contributed by atoms with van der Waals surface area (Å²) in [5.41, 5.74) is 3.85. The Bertz CT molecular complexity index is 902. The van der Waals surface area contributed by atoms with E-state index in [2.05, 4.69) is 15.1 Å². The third-order valence-electron chi connectivity index (χ3n) is 4.81. The van der Waals surface area contributed by atoms with Gasteiger partial charge in [0.1, 0.15) is 0 Å². The first-order chi connectivity index (χ1) is 12.6. The van der Waals surface area contributed by atoms with Crippen LogP contribution >= 0.6 is 0 Å². The number of benzene rings is 1. The Hall–Kier alpha value is -3.09. The molecule has 1 amide bonds. The van der Waals surface area contributed by atoms with Crippen molar-refractivity contribution in [1.82, 2.24) is 24.5 Å². The fourth-order valence-electron chi connectivity index (χ4n) is 3.31. The van der Waals surface area contributed by atoms with Crippen molar-refractivity contribution in [1.29, 1.82) is 0 Å². The molecule has 0 N–H and O–H groups in total. The molecule has 1 saturated heterocycles. The highest BCUT2D eigenvalue weighted by Crippen LogP contribution is 2.17. The van der Waals surface area contributed by atoms with Crippen LogP contribution < -0.4 is 4.90 Å². The van der Waals surface area contributed by atoms with Crippen LogP contribution in [-0.4, -0.2) is 56.5 Å². The largest absolute Gasteiger partial charge is 0.365 e. The summed E-state index contributed by atoms with van der Waals surface area (Å²) in [6.45, 7) is 5.08.